The standard InChI is InChI=1S/C18H11N3O2S/c19-7-13(9-22)18-21-15-4-3-11(6-16(15)24-18)10-1-2-12-8-20-17(23)14(12)5-10/h1-6,9,13H,8H2,(H,20,23). The Kier molecular flexibility index (Phi) is 3.36. The Morgan fingerprint density at radius 3 is 2.83 bits per heavy atom. The van der Waals surface area contributed by atoms with Gasteiger partial charge >= 0.3 is 0 Å². The highest BCUT2D eigenvalue weighted by Gasteiger charge is 2.19. The number of nitriles is 1. The average molecular weight is 333 g/mol. The molecule has 0 bridgehead atoms. The van der Waals surface area contributed by atoms with Gasteiger partial charge in [0.1, 0.15) is 11.3 Å². The van der Waals surface area contributed by atoms with Crippen molar-refractivity contribution in [1.82, 2.24) is 10.3 Å². The Morgan fingerprint density at radius 2 is 2.04 bits per heavy atom. The van der Waals surface area contributed by atoms with Crippen LogP contribution in [0.5, 0.6) is 0 Å². The topological polar surface area (TPSA) is 82.8 Å². The minimum atomic E-state index is -0.824. The van der Waals surface area contributed by atoms with Gasteiger partial charge in [0.25, 0.3) is 5.91 Å². The van der Waals surface area contributed by atoms with Crippen molar-refractivity contribution in [3.05, 3.63) is 52.5 Å². The number of nitrogens with one attached hydrogen (secondary N) is 1. The van der Waals surface area contributed by atoms with Crippen molar-refractivity contribution in [3.8, 4) is 17.2 Å². The third kappa shape index (κ3) is 2.27. The quantitative estimate of drug-likeness (QED) is 0.747. The van der Waals surface area contributed by atoms with E-state index in [1.54, 1.807) is 0 Å². The van der Waals surface area contributed by atoms with Crippen LogP contribution < -0.4 is 5.32 Å². The molecule has 6 heteroatoms. The van der Waals surface area contributed by atoms with E-state index in [2.05, 4.69) is 10.3 Å². The Bertz CT molecular complexity index is 1030. The van der Waals surface area contributed by atoms with Crippen LogP contribution in [0.25, 0.3) is 21.3 Å². The number of carbonyl (C=O) groups is 2. The molecule has 1 N–H and O–H groups in total. The number of aromatic nitrogens is 1. The van der Waals surface area contributed by atoms with Crippen LogP contribution in [0, 0.1) is 11.3 Å². The molecular weight excluding hydrogens is 322 g/mol. The second-order valence-corrected chi connectivity index (χ2v) is 6.59. The van der Waals surface area contributed by atoms with Crippen LogP contribution >= 0.6 is 11.3 Å². The van der Waals surface area contributed by atoms with Crippen LogP contribution in [0.1, 0.15) is 26.8 Å². The van der Waals surface area contributed by atoms with Crippen LogP contribution in [0.4, 0.5) is 0 Å². The fraction of sp³-hybridized carbons (Fsp3) is 0.111. The summed E-state index contributed by atoms with van der Waals surface area (Å²) in [6.07, 6.45) is 0.609. The summed E-state index contributed by atoms with van der Waals surface area (Å²) in [5, 5.41) is 12.3. The van der Waals surface area contributed by atoms with E-state index >= 15 is 0 Å². The van der Waals surface area contributed by atoms with Gasteiger partial charge in [-0.05, 0) is 34.9 Å². The number of hydrogen-bond acceptors (Lipinski definition) is 5. The molecule has 2 aromatic carbocycles. The number of benzene rings is 2. The molecule has 0 spiro atoms. The van der Waals surface area contributed by atoms with Gasteiger partial charge in [0.05, 0.1) is 16.3 Å². The van der Waals surface area contributed by atoms with E-state index in [0.29, 0.717) is 23.4 Å². The monoisotopic (exact) mass is 333 g/mol. The average Bonchev–Trinajstić information content (AvgIpc) is 3.19. The largest absolute Gasteiger partial charge is 0.348 e. The summed E-state index contributed by atoms with van der Waals surface area (Å²) in [6, 6.07) is 13.6. The van der Waals surface area contributed by atoms with Crippen molar-refractivity contribution in [2.45, 2.75) is 12.5 Å². The summed E-state index contributed by atoms with van der Waals surface area (Å²) < 4.78 is 0.912. The Labute approximate surface area is 141 Å². The lowest BCUT2D eigenvalue weighted by Crippen LogP contribution is -2.12. The van der Waals surface area contributed by atoms with E-state index in [1.165, 1.54) is 11.3 Å². The van der Waals surface area contributed by atoms with Gasteiger partial charge in [0, 0.05) is 12.1 Å². The fourth-order valence-electron chi connectivity index (χ4n) is 2.79. The Hall–Kier alpha value is -3.04. The van der Waals surface area contributed by atoms with Crippen LogP contribution in [-0.2, 0) is 11.3 Å². The molecule has 0 fully saturated rings. The summed E-state index contributed by atoms with van der Waals surface area (Å²) >= 11 is 1.35. The second kappa shape index (κ2) is 5.55. The molecule has 0 saturated heterocycles. The number of fused-ring (bicyclic) bond motifs is 2. The lowest BCUT2D eigenvalue weighted by atomic mass is 10.0. The first-order chi connectivity index (χ1) is 11.7. The normalized spacial score (nSPS) is 14.0. The molecule has 0 saturated carbocycles. The highest BCUT2D eigenvalue weighted by Crippen LogP contribution is 2.32. The van der Waals surface area contributed by atoms with Gasteiger partial charge in [-0.25, -0.2) is 4.98 Å². The smallest absolute Gasteiger partial charge is 0.251 e. The lowest BCUT2D eigenvalue weighted by Gasteiger charge is -2.04. The highest BCUT2D eigenvalue weighted by atomic mass is 32.1. The number of amides is 1. The van der Waals surface area contributed by atoms with E-state index in [4.69, 9.17) is 5.26 Å². The van der Waals surface area contributed by atoms with Crippen LogP contribution in [0.2, 0.25) is 0 Å². The maximum atomic E-state index is 11.8. The maximum Gasteiger partial charge on any atom is 0.251 e. The van der Waals surface area contributed by atoms with E-state index in [1.807, 2.05) is 42.5 Å². The summed E-state index contributed by atoms with van der Waals surface area (Å²) in [4.78, 5) is 27.1. The van der Waals surface area contributed by atoms with Gasteiger partial charge in [-0.1, -0.05) is 18.2 Å². The van der Waals surface area contributed by atoms with Crippen molar-refractivity contribution in [1.29, 1.82) is 5.26 Å². The number of hydrogen-bond donors (Lipinski definition) is 1. The molecule has 5 nitrogen and oxygen atoms in total. The first kappa shape index (κ1) is 14.5. The molecule has 24 heavy (non-hydrogen) atoms. The molecule has 4 rings (SSSR count). The van der Waals surface area contributed by atoms with E-state index in [9.17, 15) is 9.59 Å². The zero-order valence-electron chi connectivity index (χ0n) is 12.4. The van der Waals surface area contributed by atoms with Crippen LogP contribution in [-0.4, -0.2) is 17.2 Å². The summed E-state index contributed by atoms with van der Waals surface area (Å²) in [6.45, 7) is 0.576. The molecule has 3 aromatic rings. The van der Waals surface area contributed by atoms with Crippen molar-refractivity contribution in [2.75, 3.05) is 0 Å². The molecule has 1 aromatic heterocycles. The molecule has 1 unspecified atom stereocenters. The lowest BCUT2D eigenvalue weighted by molar-refractivity contribution is -0.108. The predicted octanol–water partition coefficient (Wildman–Crippen LogP) is 3.01. The van der Waals surface area contributed by atoms with E-state index in [-0.39, 0.29) is 5.91 Å². The van der Waals surface area contributed by atoms with Gasteiger partial charge in [-0.3, -0.25) is 4.79 Å². The zero-order chi connectivity index (χ0) is 16.7. The number of nitrogens with zero attached hydrogens (tertiary/aromatic N) is 2. The van der Waals surface area contributed by atoms with Gasteiger partial charge in [-0.15, -0.1) is 11.3 Å². The third-order valence-corrected chi connectivity index (χ3v) is 5.17. The first-order valence-electron chi connectivity index (χ1n) is 7.36. The molecule has 1 aliphatic rings. The summed E-state index contributed by atoms with van der Waals surface area (Å²) in [5.74, 6) is -0.870. The molecular formula is C18H11N3O2S. The maximum absolute atomic E-state index is 11.8. The molecule has 116 valence electrons. The Balaban J connectivity index is 1.78. The number of carbonyl (C=O) groups excluding carboxylic acids is 2. The van der Waals surface area contributed by atoms with Gasteiger partial charge < -0.3 is 10.1 Å². The van der Waals surface area contributed by atoms with Gasteiger partial charge in [0.2, 0.25) is 0 Å². The molecule has 2 heterocycles. The fourth-order valence-corrected chi connectivity index (χ4v) is 3.80. The van der Waals surface area contributed by atoms with Gasteiger partial charge in [0.15, 0.2) is 5.92 Å². The van der Waals surface area contributed by atoms with Gasteiger partial charge in [-0.2, -0.15) is 5.26 Å². The number of rotatable bonds is 3. The van der Waals surface area contributed by atoms with E-state index < -0.39 is 5.92 Å². The van der Waals surface area contributed by atoms with Crippen molar-refractivity contribution in [2.24, 2.45) is 0 Å². The third-order valence-electron chi connectivity index (χ3n) is 4.07. The number of aldehydes is 1. The SMILES string of the molecule is N#CC(C=O)c1nc2ccc(-c3ccc4c(c3)C(=O)NC4)cc2s1. The van der Waals surface area contributed by atoms with Crippen molar-refractivity contribution >= 4 is 33.7 Å². The van der Waals surface area contributed by atoms with Crippen LogP contribution in [0.15, 0.2) is 36.4 Å². The van der Waals surface area contributed by atoms with Crippen molar-refractivity contribution in [3.63, 3.8) is 0 Å². The first-order valence-corrected chi connectivity index (χ1v) is 8.18. The zero-order valence-corrected chi connectivity index (χ0v) is 13.3. The number of thiazole rings is 1. The van der Waals surface area contributed by atoms with E-state index in [0.717, 1.165) is 26.9 Å². The molecule has 0 aliphatic carbocycles. The van der Waals surface area contributed by atoms with Crippen LogP contribution in [0.3, 0.4) is 0 Å². The van der Waals surface area contributed by atoms with Crippen molar-refractivity contribution < 1.29 is 9.59 Å². The minimum Gasteiger partial charge on any atom is -0.348 e. The Morgan fingerprint density at radius 1 is 1.25 bits per heavy atom. The molecule has 1 atom stereocenters. The molecule has 0 radical (unpaired) electrons. The highest BCUT2D eigenvalue weighted by molar-refractivity contribution is 7.18. The molecule has 1 amide bonds. The molecule has 1 aliphatic heterocycles. The predicted molar refractivity (Wildman–Crippen MR) is 90.6 cm³/mol. The minimum absolute atomic E-state index is 0.0455. The second-order valence-electron chi connectivity index (χ2n) is 5.53. The summed E-state index contributed by atoms with van der Waals surface area (Å²) in [5.41, 5.74) is 4.41. The summed E-state index contributed by atoms with van der Waals surface area (Å²) in [7, 11) is 0.